The Bertz CT molecular complexity index is 882. The fourth-order valence-electron chi connectivity index (χ4n) is 1.94. The Morgan fingerprint density at radius 2 is 1.68 bits per heavy atom. The third-order valence-electron chi connectivity index (χ3n) is 3.21. The van der Waals surface area contributed by atoms with Crippen LogP contribution in [0.15, 0.2) is 29.2 Å². The summed E-state index contributed by atoms with van der Waals surface area (Å²) in [5.74, 6) is 0.0484. The first-order valence-electron chi connectivity index (χ1n) is 7.14. The molecule has 0 saturated heterocycles. The normalized spacial score (nSPS) is 10.9. The van der Waals surface area contributed by atoms with Crippen molar-refractivity contribution in [3.8, 4) is 11.9 Å². The minimum atomic E-state index is -4.01. The van der Waals surface area contributed by atoms with Gasteiger partial charge < -0.3 is 14.8 Å². The van der Waals surface area contributed by atoms with Crippen LogP contribution in [-0.4, -0.2) is 38.6 Å². The fourth-order valence-corrected chi connectivity index (χ4v) is 2.85. The molecule has 10 heteroatoms. The molecular formula is C15H18N4O5S. The highest BCUT2D eigenvalue weighted by Crippen LogP contribution is 2.26. The molecule has 0 atom stereocenters. The van der Waals surface area contributed by atoms with E-state index in [0.717, 1.165) is 5.56 Å². The van der Waals surface area contributed by atoms with Crippen LogP contribution in [0.4, 0.5) is 10.5 Å². The number of methoxy groups -OCH3 is 2. The van der Waals surface area contributed by atoms with Gasteiger partial charge >= 0.3 is 12.0 Å². The lowest BCUT2D eigenvalue weighted by atomic mass is 10.2. The lowest BCUT2D eigenvalue weighted by molar-refractivity contribution is 0.256. The number of carbonyl (C=O) groups excluding carboxylic acids is 1. The molecule has 1 aromatic carbocycles. The second kappa shape index (κ2) is 7.34. The number of ether oxygens (including phenoxy) is 2. The van der Waals surface area contributed by atoms with Crippen molar-refractivity contribution in [3.05, 3.63) is 35.5 Å². The molecule has 0 spiro atoms. The molecule has 9 nitrogen and oxygen atoms in total. The van der Waals surface area contributed by atoms with Gasteiger partial charge in [-0.15, -0.1) is 0 Å². The van der Waals surface area contributed by atoms with Crippen LogP contribution in [0.5, 0.6) is 11.9 Å². The maximum atomic E-state index is 12.2. The maximum Gasteiger partial charge on any atom is 0.333 e. The molecule has 25 heavy (non-hydrogen) atoms. The van der Waals surface area contributed by atoms with Gasteiger partial charge in [-0.25, -0.2) is 17.9 Å². The van der Waals surface area contributed by atoms with Crippen LogP contribution >= 0.6 is 0 Å². The molecule has 2 N–H and O–H groups in total. The van der Waals surface area contributed by atoms with E-state index in [1.54, 1.807) is 19.1 Å². The average molecular weight is 366 g/mol. The largest absolute Gasteiger partial charge is 0.479 e. The number of amides is 2. The molecule has 2 amide bonds. The number of aryl methyl sites for hydroxylation is 2. The van der Waals surface area contributed by atoms with Gasteiger partial charge in [0.25, 0.3) is 10.0 Å². The van der Waals surface area contributed by atoms with Crippen LogP contribution in [0.2, 0.25) is 0 Å². The van der Waals surface area contributed by atoms with Gasteiger partial charge in [0.2, 0.25) is 5.88 Å². The lowest BCUT2D eigenvalue weighted by Crippen LogP contribution is -2.34. The highest BCUT2D eigenvalue weighted by atomic mass is 32.2. The number of nitrogens with zero attached hydrogens (tertiary/aromatic N) is 2. The maximum absolute atomic E-state index is 12.2. The number of rotatable bonds is 5. The summed E-state index contributed by atoms with van der Waals surface area (Å²) in [5, 5.41) is 2.38. The van der Waals surface area contributed by atoms with Crippen molar-refractivity contribution >= 4 is 21.7 Å². The van der Waals surface area contributed by atoms with Gasteiger partial charge in [-0.3, -0.25) is 0 Å². The van der Waals surface area contributed by atoms with E-state index in [4.69, 9.17) is 9.47 Å². The number of hydrogen-bond acceptors (Lipinski definition) is 7. The van der Waals surface area contributed by atoms with Gasteiger partial charge in [-0.2, -0.15) is 9.97 Å². The molecule has 2 rings (SSSR count). The fraction of sp³-hybridized carbons (Fsp3) is 0.267. The molecule has 0 aliphatic rings. The molecule has 0 unspecified atom stereocenters. The van der Waals surface area contributed by atoms with Gasteiger partial charge in [-0.1, -0.05) is 17.7 Å². The molecule has 0 aliphatic carbocycles. The minimum Gasteiger partial charge on any atom is -0.479 e. The summed E-state index contributed by atoms with van der Waals surface area (Å²) in [6.07, 6.45) is 0. The van der Waals surface area contributed by atoms with Gasteiger partial charge in [0.05, 0.1) is 24.8 Å². The third-order valence-corrected chi connectivity index (χ3v) is 4.56. The van der Waals surface area contributed by atoms with Crippen molar-refractivity contribution in [2.24, 2.45) is 0 Å². The number of sulfonamides is 1. The van der Waals surface area contributed by atoms with Crippen LogP contribution in [0.3, 0.4) is 0 Å². The Morgan fingerprint density at radius 3 is 2.24 bits per heavy atom. The highest BCUT2D eigenvalue weighted by molar-refractivity contribution is 7.90. The van der Waals surface area contributed by atoms with E-state index in [2.05, 4.69) is 15.3 Å². The van der Waals surface area contributed by atoms with Crippen LogP contribution in [0.25, 0.3) is 0 Å². The van der Waals surface area contributed by atoms with Crippen LogP contribution in [-0.2, 0) is 10.0 Å². The quantitative estimate of drug-likeness (QED) is 0.825. The number of nitrogens with one attached hydrogen (secondary N) is 2. The van der Waals surface area contributed by atoms with E-state index in [-0.39, 0.29) is 22.5 Å². The SMILES string of the molecule is COc1nc(C)c(NC(=O)NS(=O)(=O)c2ccc(C)cc2)c(OC)n1. The van der Waals surface area contributed by atoms with E-state index < -0.39 is 16.1 Å². The van der Waals surface area contributed by atoms with Crippen molar-refractivity contribution in [1.82, 2.24) is 14.7 Å². The van der Waals surface area contributed by atoms with Crippen molar-refractivity contribution < 1.29 is 22.7 Å². The zero-order valence-corrected chi connectivity index (χ0v) is 15.0. The highest BCUT2D eigenvalue weighted by Gasteiger charge is 2.20. The summed E-state index contributed by atoms with van der Waals surface area (Å²) >= 11 is 0. The van der Waals surface area contributed by atoms with E-state index in [0.29, 0.717) is 5.69 Å². The van der Waals surface area contributed by atoms with Crippen LogP contribution in [0, 0.1) is 13.8 Å². The first kappa shape index (κ1) is 18.5. The number of anilines is 1. The second-order valence-corrected chi connectivity index (χ2v) is 6.74. The summed E-state index contributed by atoms with van der Waals surface area (Å²) in [5.41, 5.74) is 1.39. The molecule has 0 bridgehead atoms. The van der Waals surface area contributed by atoms with Crippen molar-refractivity contribution in [3.63, 3.8) is 0 Å². The van der Waals surface area contributed by atoms with E-state index in [1.165, 1.54) is 26.4 Å². The number of benzene rings is 1. The molecule has 0 fully saturated rings. The Kier molecular flexibility index (Phi) is 5.42. The van der Waals surface area contributed by atoms with Crippen LogP contribution < -0.4 is 19.5 Å². The lowest BCUT2D eigenvalue weighted by Gasteiger charge is -2.13. The van der Waals surface area contributed by atoms with Crippen LogP contribution in [0.1, 0.15) is 11.3 Å². The first-order chi connectivity index (χ1) is 11.8. The van der Waals surface area contributed by atoms with E-state index >= 15 is 0 Å². The van der Waals surface area contributed by atoms with Gasteiger partial charge in [-0.05, 0) is 26.0 Å². The molecular weight excluding hydrogens is 348 g/mol. The predicted molar refractivity (Wildman–Crippen MR) is 90.4 cm³/mol. The topological polar surface area (TPSA) is 120 Å². The number of hydrogen-bond donors (Lipinski definition) is 2. The standard InChI is InChI=1S/C15H18N4O5S/c1-9-5-7-11(8-6-9)25(21,22)19-14(20)17-12-10(2)16-15(24-4)18-13(12)23-3/h5-8H,1-4H3,(H2,17,19,20). The van der Waals surface area contributed by atoms with Crippen molar-refractivity contribution in [2.75, 3.05) is 19.5 Å². The molecule has 0 radical (unpaired) electrons. The van der Waals surface area contributed by atoms with Gasteiger partial charge in [0.1, 0.15) is 5.69 Å². The van der Waals surface area contributed by atoms with Crippen molar-refractivity contribution in [1.29, 1.82) is 0 Å². The van der Waals surface area contributed by atoms with Gasteiger partial charge in [0, 0.05) is 0 Å². The second-order valence-electron chi connectivity index (χ2n) is 5.05. The monoisotopic (exact) mass is 366 g/mol. The summed E-state index contributed by atoms with van der Waals surface area (Å²) in [6, 6.07) is 5.19. The molecule has 134 valence electrons. The number of urea groups is 1. The average Bonchev–Trinajstić information content (AvgIpc) is 2.56. The van der Waals surface area contributed by atoms with E-state index in [1.807, 2.05) is 11.6 Å². The Morgan fingerprint density at radius 1 is 1.04 bits per heavy atom. The summed E-state index contributed by atoms with van der Waals surface area (Å²) in [6.45, 7) is 3.42. The summed E-state index contributed by atoms with van der Waals surface area (Å²) in [7, 11) is -1.26. The molecule has 0 aliphatic heterocycles. The number of aromatic nitrogens is 2. The first-order valence-corrected chi connectivity index (χ1v) is 8.62. The number of carbonyl (C=O) groups is 1. The van der Waals surface area contributed by atoms with Crippen molar-refractivity contribution in [2.45, 2.75) is 18.7 Å². The Balaban J connectivity index is 2.21. The third kappa shape index (κ3) is 4.35. The van der Waals surface area contributed by atoms with E-state index in [9.17, 15) is 13.2 Å². The zero-order chi connectivity index (χ0) is 18.6. The molecule has 2 aromatic rings. The molecule has 1 aromatic heterocycles. The molecule has 1 heterocycles. The Hall–Kier alpha value is -2.88. The zero-order valence-electron chi connectivity index (χ0n) is 14.2. The summed E-state index contributed by atoms with van der Waals surface area (Å²) < 4.78 is 36.4. The smallest absolute Gasteiger partial charge is 0.333 e. The predicted octanol–water partition coefficient (Wildman–Crippen LogP) is 1.62. The summed E-state index contributed by atoms with van der Waals surface area (Å²) in [4.78, 5) is 20.0. The molecule has 0 saturated carbocycles. The minimum absolute atomic E-state index is 0.0251. The van der Waals surface area contributed by atoms with Gasteiger partial charge in [0.15, 0.2) is 0 Å². The Labute approximate surface area is 145 Å².